The van der Waals surface area contributed by atoms with Crippen LogP contribution in [0.15, 0.2) is 4.52 Å². The summed E-state index contributed by atoms with van der Waals surface area (Å²) in [6.07, 6.45) is 2.59. The Morgan fingerprint density at radius 1 is 1.47 bits per heavy atom. The number of methoxy groups -OCH3 is 1. The van der Waals surface area contributed by atoms with Crippen LogP contribution in [-0.2, 0) is 9.47 Å². The molecule has 1 aliphatic rings. The molecule has 17 heavy (non-hydrogen) atoms. The Morgan fingerprint density at radius 3 is 2.94 bits per heavy atom. The zero-order valence-corrected chi connectivity index (χ0v) is 10.1. The molecule has 6 heteroatoms. The second-order valence-electron chi connectivity index (χ2n) is 4.27. The van der Waals surface area contributed by atoms with E-state index >= 15 is 0 Å². The van der Waals surface area contributed by atoms with Gasteiger partial charge in [-0.3, -0.25) is 0 Å². The second-order valence-corrected chi connectivity index (χ2v) is 4.27. The van der Waals surface area contributed by atoms with E-state index in [-0.39, 0.29) is 6.04 Å². The largest absolute Gasteiger partial charge is 0.385 e. The number of nitrogens with zero attached hydrogens (tertiary/aromatic N) is 2. The van der Waals surface area contributed by atoms with Gasteiger partial charge in [0.2, 0.25) is 5.89 Å². The van der Waals surface area contributed by atoms with E-state index < -0.39 is 0 Å². The molecule has 1 unspecified atom stereocenters. The van der Waals surface area contributed by atoms with Gasteiger partial charge in [0.05, 0.1) is 6.04 Å². The fourth-order valence-corrected chi connectivity index (χ4v) is 1.89. The van der Waals surface area contributed by atoms with Gasteiger partial charge in [-0.25, -0.2) is 0 Å². The van der Waals surface area contributed by atoms with Gasteiger partial charge >= 0.3 is 0 Å². The van der Waals surface area contributed by atoms with Gasteiger partial charge in [-0.15, -0.1) is 0 Å². The van der Waals surface area contributed by atoms with Crippen molar-refractivity contribution in [1.29, 1.82) is 0 Å². The van der Waals surface area contributed by atoms with Crippen LogP contribution in [-0.4, -0.2) is 37.1 Å². The highest BCUT2D eigenvalue weighted by Crippen LogP contribution is 2.25. The number of ether oxygens (including phenoxy) is 2. The molecule has 0 saturated carbocycles. The normalized spacial score (nSPS) is 19.4. The number of hydrogen-bond donors (Lipinski definition) is 1. The maximum atomic E-state index is 5.92. The van der Waals surface area contributed by atoms with Crippen LogP contribution in [0.5, 0.6) is 0 Å². The Balaban J connectivity index is 1.94. The Morgan fingerprint density at radius 2 is 2.24 bits per heavy atom. The van der Waals surface area contributed by atoms with Gasteiger partial charge in [-0.05, 0) is 19.3 Å². The molecule has 2 rings (SSSR count). The van der Waals surface area contributed by atoms with Gasteiger partial charge in [0.1, 0.15) is 0 Å². The minimum atomic E-state index is -0.240. The van der Waals surface area contributed by atoms with Crippen molar-refractivity contribution in [3.05, 3.63) is 11.7 Å². The molecule has 0 amide bonds. The molecule has 2 heterocycles. The maximum Gasteiger partial charge on any atom is 0.243 e. The van der Waals surface area contributed by atoms with Crippen LogP contribution in [0.1, 0.15) is 42.9 Å². The number of rotatable bonds is 5. The van der Waals surface area contributed by atoms with Crippen molar-refractivity contribution in [1.82, 2.24) is 10.1 Å². The highest BCUT2D eigenvalue weighted by atomic mass is 16.5. The first kappa shape index (κ1) is 12.5. The summed E-state index contributed by atoms with van der Waals surface area (Å²) >= 11 is 0. The summed E-state index contributed by atoms with van der Waals surface area (Å²) in [4.78, 5) is 4.37. The first-order valence-electron chi connectivity index (χ1n) is 5.97. The third-order valence-electron chi connectivity index (χ3n) is 2.99. The topological polar surface area (TPSA) is 83.4 Å². The van der Waals surface area contributed by atoms with E-state index in [1.165, 1.54) is 0 Å². The molecule has 0 aromatic carbocycles. The monoisotopic (exact) mass is 241 g/mol. The smallest absolute Gasteiger partial charge is 0.243 e. The molecular formula is C11H19N3O3. The van der Waals surface area contributed by atoms with Crippen molar-refractivity contribution in [2.24, 2.45) is 5.73 Å². The molecule has 1 saturated heterocycles. The molecule has 1 atom stereocenters. The molecule has 96 valence electrons. The molecule has 0 spiro atoms. The predicted octanol–water partition coefficient (Wildman–Crippen LogP) is 1.000. The summed E-state index contributed by atoms with van der Waals surface area (Å²) < 4.78 is 15.5. The summed E-state index contributed by atoms with van der Waals surface area (Å²) in [7, 11) is 1.65. The standard InChI is InChI=1S/C11H19N3O3/c1-15-5-4-9(12)11-13-10(14-17-11)8-2-6-16-7-3-8/h8-9H,2-7,12H2,1H3. The summed E-state index contributed by atoms with van der Waals surface area (Å²) in [5.74, 6) is 1.61. The molecule has 1 aromatic rings. The number of nitrogens with two attached hydrogens (primary N) is 1. The summed E-state index contributed by atoms with van der Waals surface area (Å²) in [6.45, 7) is 2.13. The molecule has 6 nitrogen and oxygen atoms in total. The minimum absolute atomic E-state index is 0.240. The average Bonchev–Trinajstić information content (AvgIpc) is 2.86. The molecule has 2 N–H and O–H groups in total. The lowest BCUT2D eigenvalue weighted by atomic mass is 10.00. The van der Waals surface area contributed by atoms with Crippen molar-refractivity contribution >= 4 is 0 Å². The zero-order valence-electron chi connectivity index (χ0n) is 10.1. The van der Waals surface area contributed by atoms with Crippen LogP contribution >= 0.6 is 0 Å². The van der Waals surface area contributed by atoms with Gasteiger partial charge in [0, 0.05) is 32.8 Å². The van der Waals surface area contributed by atoms with E-state index in [0.717, 1.165) is 31.9 Å². The van der Waals surface area contributed by atoms with Gasteiger partial charge < -0.3 is 19.7 Å². The van der Waals surface area contributed by atoms with Crippen LogP contribution in [0.25, 0.3) is 0 Å². The Kier molecular flexibility index (Phi) is 4.47. The van der Waals surface area contributed by atoms with E-state index in [4.69, 9.17) is 19.7 Å². The molecule has 0 aliphatic carbocycles. The summed E-state index contributed by atoms with van der Waals surface area (Å²) in [5, 5.41) is 4.01. The van der Waals surface area contributed by atoms with Crippen LogP contribution in [0.3, 0.4) is 0 Å². The van der Waals surface area contributed by atoms with Crippen LogP contribution in [0.4, 0.5) is 0 Å². The lowest BCUT2D eigenvalue weighted by molar-refractivity contribution is 0.0830. The van der Waals surface area contributed by atoms with Crippen molar-refractivity contribution in [3.63, 3.8) is 0 Å². The van der Waals surface area contributed by atoms with Gasteiger partial charge in [0.15, 0.2) is 5.82 Å². The Hall–Kier alpha value is -0.980. The average molecular weight is 241 g/mol. The second kappa shape index (κ2) is 6.09. The molecule has 1 aliphatic heterocycles. The van der Waals surface area contributed by atoms with Gasteiger partial charge in [0.25, 0.3) is 0 Å². The molecule has 0 bridgehead atoms. The van der Waals surface area contributed by atoms with Crippen molar-refractivity contribution in [3.8, 4) is 0 Å². The molecule has 1 aromatic heterocycles. The quantitative estimate of drug-likeness (QED) is 0.828. The van der Waals surface area contributed by atoms with Gasteiger partial charge in [-0.1, -0.05) is 5.16 Å². The summed E-state index contributed by atoms with van der Waals surface area (Å²) in [6, 6.07) is -0.240. The third kappa shape index (κ3) is 3.24. The Bertz CT molecular complexity index is 336. The van der Waals surface area contributed by atoms with Crippen LogP contribution < -0.4 is 5.73 Å². The number of aromatic nitrogens is 2. The van der Waals surface area contributed by atoms with Crippen LogP contribution in [0, 0.1) is 0 Å². The summed E-state index contributed by atoms with van der Waals surface area (Å²) in [5.41, 5.74) is 5.92. The maximum absolute atomic E-state index is 5.92. The first-order valence-corrected chi connectivity index (χ1v) is 5.97. The van der Waals surface area contributed by atoms with Crippen molar-refractivity contribution < 1.29 is 14.0 Å². The fraction of sp³-hybridized carbons (Fsp3) is 0.818. The lowest BCUT2D eigenvalue weighted by Crippen LogP contribution is -2.16. The SMILES string of the molecule is COCCC(N)c1nc(C2CCOCC2)no1. The molecule has 0 radical (unpaired) electrons. The van der Waals surface area contributed by atoms with Crippen molar-refractivity contribution in [2.75, 3.05) is 26.9 Å². The van der Waals surface area contributed by atoms with E-state index in [2.05, 4.69) is 10.1 Å². The van der Waals surface area contributed by atoms with Gasteiger partial charge in [-0.2, -0.15) is 4.98 Å². The minimum Gasteiger partial charge on any atom is -0.385 e. The van der Waals surface area contributed by atoms with E-state index in [1.54, 1.807) is 7.11 Å². The highest BCUT2D eigenvalue weighted by molar-refractivity contribution is 4.99. The van der Waals surface area contributed by atoms with E-state index in [0.29, 0.717) is 24.8 Å². The third-order valence-corrected chi connectivity index (χ3v) is 2.99. The Labute approximate surface area is 100 Å². The van der Waals surface area contributed by atoms with Crippen LogP contribution in [0.2, 0.25) is 0 Å². The lowest BCUT2D eigenvalue weighted by Gasteiger charge is -2.18. The molecular weight excluding hydrogens is 222 g/mol. The zero-order chi connectivity index (χ0) is 12.1. The first-order chi connectivity index (χ1) is 8.31. The van der Waals surface area contributed by atoms with E-state index in [9.17, 15) is 0 Å². The highest BCUT2D eigenvalue weighted by Gasteiger charge is 2.23. The van der Waals surface area contributed by atoms with Crippen molar-refractivity contribution in [2.45, 2.75) is 31.2 Å². The molecule has 1 fully saturated rings. The number of hydrogen-bond acceptors (Lipinski definition) is 6. The fourth-order valence-electron chi connectivity index (χ4n) is 1.89. The predicted molar refractivity (Wildman–Crippen MR) is 60.5 cm³/mol. The van der Waals surface area contributed by atoms with E-state index in [1.807, 2.05) is 0 Å².